The molecular weight excluding hydrogens is 196 g/mol. The Kier molecular flexibility index (Phi) is 3.08. The van der Waals surface area contributed by atoms with Crippen LogP contribution in [0.3, 0.4) is 0 Å². The van der Waals surface area contributed by atoms with Gasteiger partial charge in [0.1, 0.15) is 0 Å². The lowest BCUT2D eigenvalue weighted by atomic mass is 10.1. The van der Waals surface area contributed by atoms with Crippen LogP contribution in [0.5, 0.6) is 0 Å². The van der Waals surface area contributed by atoms with E-state index in [-0.39, 0.29) is 0 Å². The molecule has 0 unspecified atom stereocenters. The summed E-state index contributed by atoms with van der Waals surface area (Å²) in [7, 11) is 0. The zero-order valence-corrected chi connectivity index (χ0v) is 10.5. The molecule has 1 aliphatic carbocycles. The van der Waals surface area contributed by atoms with Crippen molar-refractivity contribution in [1.29, 1.82) is 0 Å². The molecule has 88 valence electrons. The van der Waals surface area contributed by atoms with Gasteiger partial charge in [0.05, 0.1) is 0 Å². The topological polar surface area (TPSA) is 29.3 Å². The molecule has 16 heavy (non-hydrogen) atoms. The average Bonchev–Trinajstić information content (AvgIpc) is 3.02. The smallest absolute Gasteiger partial charge is 0.0418 e. The first kappa shape index (κ1) is 11.3. The van der Waals surface area contributed by atoms with Crippen LogP contribution < -0.4 is 10.6 Å². The van der Waals surface area contributed by atoms with Crippen LogP contribution in [0, 0.1) is 12.8 Å². The Labute approximate surface area is 98.4 Å². The van der Waals surface area contributed by atoms with Crippen molar-refractivity contribution in [2.45, 2.75) is 39.7 Å². The standard InChI is InChI=1S/C14H22N2/c1-10(2)16(9-12-5-6-12)14-8-13(15)7-4-11(14)3/h4,7-8,10,12H,5-6,9,15H2,1-3H3. The summed E-state index contributed by atoms with van der Waals surface area (Å²) in [6.45, 7) is 7.86. The molecule has 2 rings (SSSR count). The van der Waals surface area contributed by atoms with Crippen molar-refractivity contribution in [3.63, 3.8) is 0 Å². The largest absolute Gasteiger partial charge is 0.399 e. The third kappa shape index (κ3) is 2.49. The van der Waals surface area contributed by atoms with Gasteiger partial charge in [-0.2, -0.15) is 0 Å². The summed E-state index contributed by atoms with van der Waals surface area (Å²) in [5.74, 6) is 0.906. The van der Waals surface area contributed by atoms with Gasteiger partial charge in [-0.25, -0.2) is 0 Å². The summed E-state index contributed by atoms with van der Waals surface area (Å²) in [6, 6.07) is 6.75. The molecule has 0 atom stereocenters. The van der Waals surface area contributed by atoms with Gasteiger partial charge < -0.3 is 10.6 Å². The predicted octanol–water partition coefficient (Wildman–Crippen LogP) is 3.20. The highest BCUT2D eigenvalue weighted by atomic mass is 15.2. The van der Waals surface area contributed by atoms with E-state index in [2.05, 4.69) is 37.8 Å². The van der Waals surface area contributed by atoms with Crippen molar-refractivity contribution in [2.24, 2.45) is 5.92 Å². The van der Waals surface area contributed by atoms with Crippen molar-refractivity contribution in [1.82, 2.24) is 0 Å². The van der Waals surface area contributed by atoms with E-state index in [9.17, 15) is 0 Å². The molecule has 0 bridgehead atoms. The maximum absolute atomic E-state index is 5.89. The summed E-state index contributed by atoms with van der Waals surface area (Å²) in [5, 5.41) is 0. The minimum absolute atomic E-state index is 0.543. The summed E-state index contributed by atoms with van der Waals surface area (Å²) in [4.78, 5) is 2.49. The third-order valence-electron chi connectivity index (χ3n) is 3.32. The number of nitrogens with zero attached hydrogens (tertiary/aromatic N) is 1. The molecule has 1 fully saturated rings. The summed E-state index contributed by atoms with van der Waals surface area (Å²) in [6.07, 6.45) is 2.79. The molecule has 0 heterocycles. The van der Waals surface area contributed by atoms with Gasteiger partial charge in [-0.15, -0.1) is 0 Å². The fraction of sp³-hybridized carbons (Fsp3) is 0.571. The third-order valence-corrected chi connectivity index (χ3v) is 3.32. The molecular formula is C14H22N2. The number of rotatable bonds is 4. The second-order valence-corrected chi connectivity index (χ2v) is 5.24. The Morgan fingerprint density at radius 1 is 1.38 bits per heavy atom. The molecule has 0 amide bonds. The molecule has 0 aliphatic heterocycles. The van der Waals surface area contributed by atoms with Crippen LogP contribution in [0.15, 0.2) is 18.2 Å². The molecule has 2 nitrogen and oxygen atoms in total. The SMILES string of the molecule is Cc1ccc(N)cc1N(CC1CC1)C(C)C. The van der Waals surface area contributed by atoms with E-state index in [1.165, 1.54) is 30.6 Å². The molecule has 1 aromatic rings. The molecule has 0 saturated heterocycles. The molecule has 0 aromatic heterocycles. The van der Waals surface area contributed by atoms with Crippen molar-refractivity contribution in [3.05, 3.63) is 23.8 Å². The van der Waals surface area contributed by atoms with Gasteiger partial charge >= 0.3 is 0 Å². The minimum atomic E-state index is 0.543. The summed E-state index contributed by atoms with van der Waals surface area (Å²) < 4.78 is 0. The van der Waals surface area contributed by atoms with Crippen molar-refractivity contribution < 1.29 is 0 Å². The van der Waals surface area contributed by atoms with Crippen LogP contribution in [0.2, 0.25) is 0 Å². The molecule has 1 aliphatic rings. The lowest BCUT2D eigenvalue weighted by molar-refractivity contribution is 0.643. The van der Waals surface area contributed by atoms with E-state index in [4.69, 9.17) is 5.73 Å². The number of aryl methyl sites for hydroxylation is 1. The van der Waals surface area contributed by atoms with Crippen LogP contribution in [-0.4, -0.2) is 12.6 Å². The van der Waals surface area contributed by atoms with Crippen molar-refractivity contribution in [2.75, 3.05) is 17.2 Å². The van der Waals surface area contributed by atoms with E-state index in [0.29, 0.717) is 6.04 Å². The van der Waals surface area contributed by atoms with E-state index in [1.54, 1.807) is 0 Å². The highest BCUT2D eigenvalue weighted by Gasteiger charge is 2.26. The fourth-order valence-corrected chi connectivity index (χ4v) is 2.10. The monoisotopic (exact) mass is 218 g/mol. The molecule has 2 N–H and O–H groups in total. The summed E-state index contributed by atoms with van der Waals surface area (Å²) in [5.41, 5.74) is 9.38. The summed E-state index contributed by atoms with van der Waals surface area (Å²) >= 11 is 0. The van der Waals surface area contributed by atoms with E-state index < -0.39 is 0 Å². The number of anilines is 2. The van der Waals surface area contributed by atoms with Crippen LogP contribution in [0.4, 0.5) is 11.4 Å². The Morgan fingerprint density at radius 3 is 2.62 bits per heavy atom. The number of hydrogen-bond donors (Lipinski definition) is 1. The first-order chi connectivity index (χ1) is 7.58. The molecule has 1 aromatic carbocycles. The predicted molar refractivity (Wildman–Crippen MR) is 70.8 cm³/mol. The van der Waals surface area contributed by atoms with Crippen LogP contribution in [-0.2, 0) is 0 Å². The van der Waals surface area contributed by atoms with Gasteiger partial charge in [0.15, 0.2) is 0 Å². The van der Waals surface area contributed by atoms with Gasteiger partial charge in [0, 0.05) is 24.0 Å². The molecule has 0 spiro atoms. The molecule has 2 heteroatoms. The molecule has 0 radical (unpaired) electrons. The Balaban J connectivity index is 2.25. The number of nitrogen functional groups attached to an aromatic ring is 1. The van der Waals surface area contributed by atoms with E-state index in [0.717, 1.165) is 11.6 Å². The van der Waals surface area contributed by atoms with Gasteiger partial charge in [-0.05, 0) is 57.2 Å². The highest BCUT2D eigenvalue weighted by Crippen LogP contribution is 2.33. The van der Waals surface area contributed by atoms with Crippen molar-refractivity contribution >= 4 is 11.4 Å². The van der Waals surface area contributed by atoms with E-state index in [1.807, 2.05) is 6.07 Å². The Bertz CT molecular complexity index is 367. The van der Waals surface area contributed by atoms with E-state index >= 15 is 0 Å². The highest BCUT2D eigenvalue weighted by molar-refractivity contribution is 5.61. The lowest BCUT2D eigenvalue weighted by Crippen LogP contribution is -2.33. The Hall–Kier alpha value is -1.18. The first-order valence-electron chi connectivity index (χ1n) is 6.20. The average molecular weight is 218 g/mol. The number of nitrogens with two attached hydrogens (primary N) is 1. The van der Waals surface area contributed by atoms with Crippen LogP contribution >= 0.6 is 0 Å². The second-order valence-electron chi connectivity index (χ2n) is 5.24. The fourth-order valence-electron chi connectivity index (χ4n) is 2.10. The number of benzene rings is 1. The quantitative estimate of drug-likeness (QED) is 0.786. The Morgan fingerprint density at radius 2 is 2.06 bits per heavy atom. The normalized spacial score (nSPS) is 15.5. The van der Waals surface area contributed by atoms with Gasteiger partial charge in [-0.1, -0.05) is 6.07 Å². The molecule has 1 saturated carbocycles. The maximum Gasteiger partial charge on any atom is 0.0418 e. The van der Waals surface area contributed by atoms with Gasteiger partial charge in [0.2, 0.25) is 0 Å². The maximum atomic E-state index is 5.89. The first-order valence-corrected chi connectivity index (χ1v) is 6.20. The number of hydrogen-bond acceptors (Lipinski definition) is 2. The van der Waals surface area contributed by atoms with Gasteiger partial charge in [0.25, 0.3) is 0 Å². The van der Waals surface area contributed by atoms with Crippen molar-refractivity contribution in [3.8, 4) is 0 Å². The zero-order valence-electron chi connectivity index (χ0n) is 10.5. The van der Waals surface area contributed by atoms with Crippen LogP contribution in [0.1, 0.15) is 32.3 Å². The van der Waals surface area contributed by atoms with Crippen LogP contribution in [0.25, 0.3) is 0 Å². The zero-order chi connectivity index (χ0) is 11.7. The second kappa shape index (κ2) is 4.36. The lowest BCUT2D eigenvalue weighted by Gasteiger charge is -2.30. The minimum Gasteiger partial charge on any atom is -0.399 e. The van der Waals surface area contributed by atoms with Gasteiger partial charge in [-0.3, -0.25) is 0 Å².